The summed E-state index contributed by atoms with van der Waals surface area (Å²) in [5.74, 6) is -1.68. The van der Waals surface area contributed by atoms with Crippen LogP contribution >= 0.6 is 0 Å². The molecule has 0 unspecified atom stereocenters. The Morgan fingerprint density at radius 2 is 2.12 bits per heavy atom. The number of nitriles is 1. The number of carbonyl (C=O) groups excluding carboxylic acids is 1. The topological polar surface area (TPSA) is 115 Å². The molecule has 1 heterocycles. The van der Waals surface area contributed by atoms with Gasteiger partial charge in [0.2, 0.25) is 0 Å². The molecule has 0 saturated carbocycles. The zero-order valence-corrected chi connectivity index (χ0v) is 13.7. The Bertz CT molecular complexity index is 690. The molecule has 0 bridgehead atoms. The monoisotopic (exact) mass is 344 g/mol. The van der Waals surface area contributed by atoms with Gasteiger partial charge in [0.1, 0.15) is 11.6 Å². The van der Waals surface area contributed by atoms with E-state index < -0.39 is 11.9 Å². The third-order valence-electron chi connectivity index (χ3n) is 3.65. The molecule has 0 spiro atoms. The number of carboxylic acids is 1. The number of carbonyl (C=O) groups is 2. The van der Waals surface area contributed by atoms with Gasteiger partial charge in [0, 0.05) is 38.1 Å². The summed E-state index contributed by atoms with van der Waals surface area (Å²) in [5.41, 5.74) is 0.297. The molecular formula is C17H20N4O4. The fourth-order valence-electron chi connectivity index (χ4n) is 2.30. The molecule has 0 radical (unpaired) electrons. The van der Waals surface area contributed by atoms with E-state index in [0.717, 1.165) is 32.8 Å². The van der Waals surface area contributed by atoms with Crippen LogP contribution in [0.2, 0.25) is 0 Å². The second kappa shape index (κ2) is 9.42. The number of anilines is 1. The number of carboxylic acid groups (broad SMARTS) is 1. The van der Waals surface area contributed by atoms with Crippen LogP contribution in [0.5, 0.6) is 0 Å². The van der Waals surface area contributed by atoms with Crippen molar-refractivity contribution in [1.29, 1.82) is 5.26 Å². The maximum absolute atomic E-state index is 12.1. The maximum atomic E-state index is 12.1. The van der Waals surface area contributed by atoms with E-state index in [2.05, 4.69) is 15.5 Å². The zero-order valence-electron chi connectivity index (χ0n) is 13.7. The first-order chi connectivity index (χ1) is 12.1. The summed E-state index contributed by atoms with van der Waals surface area (Å²) >= 11 is 0. The highest BCUT2D eigenvalue weighted by Crippen LogP contribution is 2.11. The van der Waals surface area contributed by atoms with Crippen molar-refractivity contribution in [3.8, 4) is 6.07 Å². The van der Waals surface area contributed by atoms with Gasteiger partial charge in [-0.1, -0.05) is 6.07 Å². The normalized spacial score (nSPS) is 15.2. The van der Waals surface area contributed by atoms with E-state index in [1.165, 1.54) is 24.4 Å². The second-order valence-corrected chi connectivity index (χ2v) is 5.42. The summed E-state index contributed by atoms with van der Waals surface area (Å²) in [4.78, 5) is 25.3. The zero-order chi connectivity index (χ0) is 18.1. The fourth-order valence-corrected chi connectivity index (χ4v) is 2.30. The van der Waals surface area contributed by atoms with Crippen molar-refractivity contribution in [2.75, 3.05) is 44.7 Å². The van der Waals surface area contributed by atoms with Gasteiger partial charge in [0.25, 0.3) is 5.91 Å². The molecule has 3 N–H and O–H groups in total. The highest BCUT2D eigenvalue weighted by atomic mass is 16.5. The Hall–Kier alpha value is -2.89. The SMILES string of the molecule is N#C/C(=C/NCCN1CCOCC1)C(=O)Nc1cccc(C(=O)O)c1. The van der Waals surface area contributed by atoms with Crippen LogP contribution in [0, 0.1) is 11.3 Å². The average Bonchev–Trinajstić information content (AvgIpc) is 2.62. The minimum atomic E-state index is -1.09. The number of amides is 1. The molecule has 8 heteroatoms. The molecule has 1 aromatic rings. The lowest BCUT2D eigenvalue weighted by Crippen LogP contribution is -2.39. The standard InChI is InChI=1S/C17H20N4O4/c18-11-14(12-19-4-5-21-6-8-25-9-7-21)16(22)20-15-3-1-2-13(10-15)17(23)24/h1-3,10,12,19H,4-9H2,(H,20,22)(H,23,24)/b14-12-. The minimum Gasteiger partial charge on any atom is -0.478 e. The number of nitrogens with one attached hydrogen (secondary N) is 2. The van der Waals surface area contributed by atoms with Crippen LogP contribution in [-0.4, -0.2) is 61.3 Å². The van der Waals surface area contributed by atoms with E-state index in [0.29, 0.717) is 12.2 Å². The second-order valence-electron chi connectivity index (χ2n) is 5.42. The van der Waals surface area contributed by atoms with Crippen LogP contribution in [0.4, 0.5) is 5.69 Å². The number of ether oxygens (including phenoxy) is 1. The molecule has 0 aromatic heterocycles. The van der Waals surface area contributed by atoms with Crippen molar-refractivity contribution < 1.29 is 19.4 Å². The van der Waals surface area contributed by atoms with Crippen LogP contribution in [-0.2, 0) is 9.53 Å². The van der Waals surface area contributed by atoms with Gasteiger partial charge in [0.15, 0.2) is 0 Å². The summed E-state index contributed by atoms with van der Waals surface area (Å²) in [7, 11) is 0. The molecule has 8 nitrogen and oxygen atoms in total. The minimum absolute atomic E-state index is 0.0592. The Morgan fingerprint density at radius 3 is 2.80 bits per heavy atom. The van der Waals surface area contributed by atoms with Gasteiger partial charge < -0.3 is 20.5 Å². The lowest BCUT2D eigenvalue weighted by Gasteiger charge is -2.26. The first kappa shape index (κ1) is 18.4. The quantitative estimate of drug-likeness (QED) is 0.378. The van der Waals surface area contributed by atoms with Crippen molar-refractivity contribution in [2.24, 2.45) is 0 Å². The van der Waals surface area contributed by atoms with Crippen molar-refractivity contribution in [2.45, 2.75) is 0 Å². The fraction of sp³-hybridized carbons (Fsp3) is 0.353. The van der Waals surface area contributed by atoms with Gasteiger partial charge in [-0.05, 0) is 18.2 Å². The molecule has 1 fully saturated rings. The number of rotatable bonds is 7. The van der Waals surface area contributed by atoms with Gasteiger partial charge in [-0.15, -0.1) is 0 Å². The number of nitrogens with zero attached hydrogens (tertiary/aromatic N) is 2. The first-order valence-corrected chi connectivity index (χ1v) is 7.88. The largest absolute Gasteiger partial charge is 0.478 e. The first-order valence-electron chi connectivity index (χ1n) is 7.88. The number of hydrogen-bond acceptors (Lipinski definition) is 6. The van der Waals surface area contributed by atoms with Gasteiger partial charge in [-0.25, -0.2) is 4.79 Å². The number of aromatic carboxylic acids is 1. The van der Waals surface area contributed by atoms with E-state index in [4.69, 9.17) is 15.1 Å². The highest BCUT2D eigenvalue weighted by molar-refractivity contribution is 6.06. The third kappa shape index (κ3) is 5.91. The highest BCUT2D eigenvalue weighted by Gasteiger charge is 2.12. The van der Waals surface area contributed by atoms with Crippen molar-refractivity contribution >= 4 is 17.6 Å². The molecule has 1 saturated heterocycles. The van der Waals surface area contributed by atoms with Crippen LogP contribution < -0.4 is 10.6 Å². The van der Waals surface area contributed by atoms with Crippen molar-refractivity contribution in [3.05, 3.63) is 41.6 Å². The van der Waals surface area contributed by atoms with Gasteiger partial charge in [-0.2, -0.15) is 5.26 Å². The third-order valence-corrected chi connectivity index (χ3v) is 3.65. The number of morpholine rings is 1. The molecule has 0 aliphatic carbocycles. The Morgan fingerprint density at radius 1 is 1.36 bits per heavy atom. The van der Waals surface area contributed by atoms with Crippen LogP contribution in [0.1, 0.15) is 10.4 Å². The predicted molar refractivity (Wildman–Crippen MR) is 91.0 cm³/mol. The maximum Gasteiger partial charge on any atom is 0.335 e. The molecule has 132 valence electrons. The van der Waals surface area contributed by atoms with Crippen molar-refractivity contribution in [1.82, 2.24) is 10.2 Å². The Balaban J connectivity index is 1.86. The molecule has 1 aliphatic rings. The molecule has 1 aromatic carbocycles. The molecule has 25 heavy (non-hydrogen) atoms. The summed E-state index contributed by atoms with van der Waals surface area (Å²) in [6.45, 7) is 4.58. The number of hydrogen-bond donors (Lipinski definition) is 3. The summed E-state index contributed by atoms with van der Waals surface area (Å²) in [6, 6.07) is 7.68. The smallest absolute Gasteiger partial charge is 0.335 e. The van der Waals surface area contributed by atoms with Crippen molar-refractivity contribution in [3.63, 3.8) is 0 Å². The van der Waals surface area contributed by atoms with Gasteiger partial charge in [0.05, 0.1) is 18.8 Å². The Labute approximate surface area is 145 Å². The molecule has 1 aliphatic heterocycles. The molecular weight excluding hydrogens is 324 g/mol. The van der Waals surface area contributed by atoms with E-state index in [9.17, 15) is 9.59 Å². The van der Waals surface area contributed by atoms with Crippen LogP contribution in [0.3, 0.4) is 0 Å². The summed E-state index contributed by atoms with van der Waals surface area (Å²) in [5, 5.41) is 23.6. The van der Waals surface area contributed by atoms with Gasteiger partial charge in [-0.3, -0.25) is 9.69 Å². The van der Waals surface area contributed by atoms with Crippen LogP contribution in [0.15, 0.2) is 36.0 Å². The molecule has 2 rings (SSSR count). The van der Waals surface area contributed by atoms with E-state index in [1.807, 2.05) is 6.07 Å². The summed E-state index contributed by atoms with van der Waals surface area (Å²) < 4.78 is 5.27. The van der Waals surface area contributed by atoms with E-state index in [-0.39, 0.29) is 11.1 Å². The van der Waals surface area contributed by atoms with E-state index in [1.54, 1.807) is 6.07 Å². The molecule has 1 amide bonds. The number of benzene rings is 1. The lowest BCUT2D eigenvalue weighted by atomic mass is 10.2. The van der Waals surface area contributed by atoms with Gasteiger partial charge >= 0.3 is 5.97 Å². The molecule has 0 atom stereocenters. The predicted octanol–water partition coefficient (Wildman–Crippen LogP) is 0.653. The Kier molecular flexibility index (Phi) is 6.95. The van der Waals surface area contributed by atoms with Crippen LogP contribution in [0.25, 0.3) is 0 Å². The van der Waals surface area contributed by atoms with E-state index >= 15 is 0 Å². The summed E-state index contributed by atoms with van der Waals surface area (Å²) in [6.07, 6.45) is 1.37. The average molecular weight is 344 g/mol. The lowest BCUT2D eigenvalue weighted by molar-refractivity contribution is -0.112.